The smallest absolute Gasteiger partial charge is 0.0832 e. The maximum absolute atomic E-state index is 10.5. The molecular weight excluding hydrogens is 279 g/mol. The van der Waals surface area contributed by atoms with E-state index in [1.54, 1.807) is 0 Å². The summed E-state index contributed by atoms with van der Waals surface area (Å²) in [7, 11) is 0. The fraction of sp³-hybridized carbons (Fsp3) is 0.625. The van der Waals surface area contributed by atoms with Crippen molar-refractivity contribution >= 4 is 24.0 Å². The van der Waals surface area contributed by atoms with Gasteiger partial charge in [-0.2, -0.15) is 0 Å². The molecule has 19 heavy (non-hydrogen) atoms. The molecule has 3 heteroatoms. The number of hydrogen-bond donors (Lipinski definition) is 1. The van der Waals surface area contributed by atoms with Crippen molar-refractivity contribution in [2.75, 3.05) is 0 Å². The van der Waals surface area contributed by atoms with E-state index in [9.17, 15) is 5.11 Å². The molecule has 1 saturated carbocycles. The Morgan fingerprint density at radius 2 is 2.05 bits per heavy atom. The lowest BCUT2D eigenvalue weighted by atomic mass is 9.76. The molecule has 0 saturated heterocycles. The third-order valence-electron chi connectivity index (χ3n) is 4.19. The van der Waals surface area contributed by atoms with Crippen molar-refractivity contribution in [1.82, 2.24) is 0 Å². The predicted molar refractivity (Wildman–Crippen MR) is 84.0 cm³/mol. The average Bonchev–Trinajstić information content (AvgIpc) is 2.39. The minimum absolute atomic E-state index is 0. The highest BCUT2D eigenvalue weighted by Crippen LogP contribution is 2.40. The monoisotopic (exact) mass is 302 g/mol. The van der Waals surface area contributed by atoms with Crippen molar-refractivity contribution in [1.29, 1.82) is 0 Å². The predicted octanol–water partition coefficient (Wildman–Crippen LogP) is 5.40. The molecule has 0 spiro atoms. The van der Waals surface area contributed by atoms with Crippen molar-refractivity contribution in [3.05, 3.63) is 34.9 Å². The number of hydrogen-bond acceptors (Lipinski definition) is 1. The largest absolute Gasteiger partial charge is 0.388 e. The molecule has 108 valence electrons. The number of aliphatic hydroxyl groups is 1. The summed E-state index contributed by atoms with van der Waals surface area (Å²) in [4.78, 5) is 0. The lowest BCUT2D eigenvalue weighted by molar-refractivity contribution is 0.0669. The number of aliphatic hydroxyl groups excluding tert-OH is 1. The summed E-state index contributed by atoms with van der Waals surface area (Å²) < 4.78 is 0. The van der Waals surface area contributed by atoms with E-state index >= 15 is 0 Å². The molecule has 0 aromatic heterocycles. The van der Waals surface area contributed by atoms with Crippen LogP contribution < -0.4 is 0 Å². The Balaban J connectivity index is 0.00000180. The fourth-order valence-electron chi connectivity index (χ4n) is 3.26. The molecule has 2 rings (SSSR count). The highest BCUT2D eigenvalue weighted by Gasteiger charge is 2.28. The van der Waals surface area contributed by atoms with Gasteiger partial charge in [0.2, 0.25) is 0 Å². The van der Waals surface area contributed by atoms with Gasteiger partial charge in [0.05, 0.1) is 6.10 Å². The third-order valence-corrected chi connectivity index (χ3v) is 4.53. The first-order valence-corrected chi connectivity index (χ1v) is 7.52. The summed E-state index contributed by atoms with van der Waals surface area (Å²) in [5.74, 6) is 1.18. The molecule has 0 aliphatic heterocycles. The Morgan fingerprint density at radius 1 is 1.32 bits per heavy atom. The second-order valence-corrected chi connectivity index (χ2v) is 5.95. The molecule has 0 heterocycles. The Bertz CT molecular complexity index is 379. The van der Waals surface area contributed by atoms with Crippen molar-refractivity contribution in [3.8, 4) is 0 Å². The van der Waals surface area contributed by atoms with Crippen molar-refractivity contribution in [2.45, 2.75) is 51.6 Å². The molecule has 1 aliphatic carbocycles. The minimum Gasteiger partial charge on any atom is -0.388 e. The van der Waals surface area contributed by atoms with E-state index in [4.69, 9.17) is 11.6 Å². The molecular formula is C16H24Cl2O. The number of rotatable bonds is 4. The van der Waals surface area contributed by atoms with E-state index in [2.05, 4.69) is 6.92 Å². The quantitative estimate of drug-likeness (QED) is 0.789. The highest BCUT2D eigenvalue weighted by molar-refractivity contribution is 6.31. The van der Waals surface area contributed by atoms with Gasteiger partial charge in [0.1, 0.15) is 0 Å². The fourth-order valence-corrected chi connectivity index (χ4v) is 3.51. The van der Waals surface area contributed by atoms with Crippen LogP contribution in [0.2, 0.25) is 5.02 Å². The van der Waals surface area contributed by atoms with Crippen molar-refractivity contribution in [2.24, 2.45) is 11.8 Å². The summed E-state index contributed by atoms with van der Waals surface area (Å²) in [5, 5.41) is 11.2. The third kappa shape index (κ3) is 4.37. The van der Waals surface area contributed by atoms with Crippen molar-refractivity contribution < 1.29 is 5.11 Å². The average molecular weight is 303 g/mol. The zero-order valence-corrected chi connectivity index (χ0v) is 13.1. The van der Waals surface area contributed by atoms with Gasteiger partial charge < -0.3 is 5.11 Å². The van der Waals surface area contributed by atoms with Crippen LogP contribution in [0.1, 0.15) is 57.1 Å². The molecule has 1 aromatic rings. The topological polar surface area (TPSA) is 20.2 Å². The zero-order valence-electron chi connectivity index (χ0n) is 11.5. The van der Waals surface area contributed by atoms with E-state index in [0.29, 0.717) is 10.9 Å². The van der Waals surface area contributed by atoms with Gasteiger partial charge in [-0.3, -0.25) is 0 Å². The van der Waals surface area contributed by atoms with Gasteiger partial charge in [0, 0.05) is 5.02 Å². The summed E-state index contributed by atoms with van der Waals surface area (Å²) in [6.45, 7) is 2.24. The van der Waals surface area contributed by atoms with Crippen LogP contribution >= 0.6 is 24.0 Å². The van der Waals surface area contributed by atoms with Gasteiger partial charge in [0.15, 0.2) is 0 Å². The van der Waals surface area contributed by atoms with Gasteiger partial charge in [-0.15, -0.1) is 12.4 Å². The Kier molecular flexibility index (Phi) is 7.20. The first-order chi connectivity index (χ1) is 8.72. The van der Waals surface area contributed by atoms with Crippen LogP contribution in [0.4, 0.5) is 0 Å². The number of halogens is 2. The zero-order chi connectivity index (χ0) is 13.0. The highest BCUT2D eigenvalue weighted by atomic mass is 35.5. The molecule has 0 amide bonds. The van der Waals surface area contributed by atoms with Gasteiger partial charge in [-0.25, -0.2) is 0 Å². The van der Waals surface area contributed by atoms with Crippen LogP contribution in [-0.2, 0) is 0 Å². The van der Waals surface area contributed by atoms with E-state index in [1.165, 1.54) is 25.7 Å². The Labute approximate surface area is 127 Å². The van der Waals surface area contributed by atoms with Crippen LogP contribution in [0.5, 0.6) is 0 Å². The Morgan fingerprint density at radius 3 is 2.74 bits per heavy atom. The lowest BCUT2D eigenvalue weighted by Crippen LogP contribution is -2.21. The van der Waals surface area contributed by atoms with Crippen LogP contribution in [0.25, 0.3) is 0 Å². The molecule has 3 atom stereocenters. The maximum atomic E-state index is 10.5. The van der Waals surface area contributed by atoms with Crippen LogP contribution in [0, 0.1) is 11.8 Å². The molecule has 0 unspecified atom stereocenters. The van der Waals surface area contributed by atoms with Gasteiger partial charge in [-0.05, 0) is 36.3 Å². The second-order valence-electron chi connectivity index (χ2n) is 5.55. The van der Waals surface area contributed by atoms with Crippen LogP contribution in [0.3, 0.4) is 0 Å². The lowest BCUT2D eigenvalue weighted by Gasteiger charge is -2.32. The first kappa shape index (κ1) is 16.8. The van der Waals surface area contributed by atoms with Gasteiger partial charge in [-0.1, -0.05) is 62.4 Å². The van der Waals surface area contributed by atoms with Gasteiger partial charge in [0.25, 0.3) is 0 Å². The summed E-state index contributed by atoms with van der Waals surface area (Å²) in [5.41, 5.74) is 0.904. The van der Waals surface area contributed by atoms with E-state index in [-0.39, 0.29) is 12.4 Å². The van der Waals surface area contributed by atoms with E-state index < -0.39 is 6.10 Å². The number of benzene rings is 1. The maximum Gasteiger partial charge on any atom is 0.0832 e. The van der Waals surface area contributed by atoms with Crippen molar-refractivity contribution in [3.63, 3.8) is 0 Å². The SMILES string of the molecule is CCC[C@H]1CCC[C@H]([C@H](O)c2ccccc2Cl)C1.Cl. The molecule has 1 fully saturated rings. The normalized spacial score (nSPS) is 24.6. The first-order valence-electron chi connectivity index (χ1n) is 7.14. The Hall–Kier alpha value is -0.240. The molecule has 1 aromatic carbocycles. The van der Waals surface area contributed by atoms with E-state index in [0.717, 1.165) is 24.3 Å². The minimum atomic E-state index is -0.390. The van der Waals surface area contributed by atoms with Crippen LogP contribution in [-0.4, -0.2) is 5.11 Å². The molecule has 0 bridgehead atoms. The molecule has 0 radical (unpaired) electrons. The van der Waals surface area contributed by atoms with Crippen LogP contribution in [0.15, 0.2) is 24.3 Å². The molecule has 1 aliphatic rings. The standard InChI is InChI=1S/C16H23ClO.ClH/c1-2-6-12-7-5-8-13(11-12)16(18)14-9-3-4-10-15(14)17;/h3-4,9-10,12-13,16,18H,2,5-8,11H2,1H3;1H/t12-,13-,16-;/m0./s1. The second kappa shape index (κ2) is 8.14. The molecule has 1 nitrogen and oxygen atoms in total. The summed E-state index contributed by atoms with van der Waals surface area (Å²) in [6, 6.07) is 7.69. The summed E-state index contributed by atoms with van der Waals surface area (Å²) >= 11 is 6.18. The van der Waals surface area contributed by atoms with E-state index in [1.807, 2.05) is 24.3 Å². The summed E-state index contributed by atoms with van der Waals surface area (Å²) in [6.07, 6.45) is 7.02. The van der Waals surface area contributed by atoms with Gasteiger partial charge >= 0.3 is 0 Å². The molecule has 1 N–H and O–H groups in total.